The molecular weight excluding hydrogens is 260 g/mol. The second kappa shape index (κ2) is 8.11. The number of nitrogens with one attached hydrogen (secondary N) is 1. The van der Waals surface area contributed by atoms with E-state index in [-0.39, 0.29) is 0 Å². The summed E-state index contributed by atoms with van der Waals surface area (Å²) in [4.78, 5) is 14.6. The summed E-state index contributed by atoms with van der Waals surface area (Å²) in [5.74, 6) is 0.965. The zero-order chi connectivity index (χ0) is 14.1. The van der Waals surface area contributed by atoms with Crippen LogP contribution in [0.1, 0.15) is 6.92 Å². The van der Waals surface area contributed by atoms with Gasteiger partial charge in [0.1, 0.15) is 5.40 Å². The lowest BCUT2D eigenvalue weighted by atomic mass is 10.5. The smallest absolute Gasteiger partial charge is 0.231 e. The molecule has 0 aliphatic carbocycles. The maximum Gasteiger partial charge on any atom is 0.231 e. The van der Waals surface area contributed by atoms with Gasteiger partial charge in [-0.15, -0.1) is 13.2 Å². The summed E-state index contributed by atoms with van der Waals surface area (Å²) >= 11 is 0.908. The van der Waals surface area contributed by atoms with Crippen molar-refractivity contribution in [3.8, 4) is 5.40 Å². The van der Waals surface area contributed by atoms with Gasteiger partial charge in [0, 0.05) is 31.4 Å². The Bertz CT molecular complexity index is 472. The van der Waals surface area contributed by atoms with Crippen LogP contribution in [0.15, 0.2) is 30.5 Å². The minimum atomic E-state index is 0.376. The number of nitrogens with zero attached hydrogens (tertiary/aromatic N) is 5. The number of thioether (sulfide) groups is 1. The van der Waals surface area contributed by atoms with Crippen LogP contribution in [-0.4, -0.2) is 34.6 Å². The quantitative estimate of drug-likeness (QED) is 0.442. The summed E-state index contributed by atoms with van der Waals surface area (Å²) in [6.45, 7) is 11.2. The molecule has 1 aromatic heterocycles. The van der Waals surface area contributed by atoms with Gasteiger partial charge in [-0.3, -0.25) is 0 Å². The van der Waals surface area contributed by atoms with Gasteiger partial charge in [0.2, 0.25) is 17.1 Å². The van der Waals surface area contributed by atoms with E-state index in [1.165, 1.54) is 0 Å². The molecule has 1 rings (SSSR count). The molecular formula is C12H16N6S. The lowest BCUT2D eigenvalue weighted by Crippen LogP contribution is -2.26. The van der Waals surface area contributed by atoms with Crippen molar-refractivity contribution in [2.75, 3.05) is 29.9 Å². The fraction of sp³-hybridized carbons (Fsp3) is 0.333. The summed E-state index contributed by atoms with van der Waals surface area (Å²) in [7, 11) is 0. The van der Waals surface area contributed by atoms with Crippen LogP contribution in [0.3, 0.4) is 0 Å². The Morgan fingerprint density at radius 2 is 2.00 bits per heavy atom. The number of nitriles is 1. The Hall–Kier alpha value is -2.07. The number of thiocyanates is 1. The first kappa shape index (κ1) is 15.0. The molecule has 0 saturated carbocycles. The predicted molar refractivity (Wildman–Crippen MR) is 78.1 cm³/mol. The van der Waals surface area contributed by atoms with Crippen LogP contribution < -0.4 is 10.2 Å². The first-order valence-electron chi connectivity index (χ1n) is 5.77. The van der Waals surface area contributed by atoms with Crippen molar-refractivity contribution in [1.82, 2.24) is 15.0 Å². The van der Waals surface area contributed by atoms with E-state index in [2.05, 4.69) is 33.4 Å². The van der Waals surface area contributed by atoms with E-state index in [9.17, 15) is 0 Å². The van der Waals surface area contributed by atoms with Crippen LogP contribution in [0, 0.1) is 10.7 Å². The third-order valence-electron chi connectivity index (χ3n) is 2.06. The maximum absolute atomic E-state index is 8.72. The Kier molecular flexibility index (Phi) is 6.39. The van der Waals surface area contributed by atoms with Crippen LogP contribution in [0.2, 0.25) is 0 Å². The summed E-state index contributed by atoms with van der Waals surface area (Å²) in [5, 5.41) is 14.1. The first-order valence-corrected chi connectivity index (χ1v) is 6.59. The van der Waals surface area contributed by atoms with Gasteiger partial charge in [0.05, 0.1) is 0 Å². The van der Waals surface area contributed by atoms with Crippen LogP contribution in [0.25, 0.3) is 0 Å². The molecule has 1 N–H and O–H groups in total. The van der Waals surface area contributed by atoms with E-state index in [4.69, 9.17) is 5.26 Å². The standard InChI is InChI=1S/C12H16N6S/c1-4-7-18(8-5-2)11-15-10(14-6-3)16-12(17-11)19-9-13/h4-5H,1-2,6-8H2,3H3,(H,14,15,16,17). The van der Waals surface area contributed by atoms with Crippen molar-refractivity contribution in [3.63, 3.8) is 0 Å². The Balaban J connectivity index is 3.11. The summed E-state index contributed by atoms with van der Waals surface area (Å²) in [6, 6.07) is 0. The Labute approximate surface area is 117 Å². The zero-order valence-corrected chi connectivity index (χ0v) is 11.7. The predicted octanol–water partition coefficient (Wildman–Crippen LogP) is 2.05. The van der Waals surface area contributed by atoms with Gasteiger partial charge in [-0.25, -0.2) is 0 Å². The average Bonchev–Trinajstić information content (AvgIpc) is 2.39. The molecule has 7 heteroatoms. The molecule has 6 nitrogen and oxygen atoms in total. The molecule has 1 aromatic rings. The topological polar surface area (TPSA) is 77.7 Å². The van der Waals surface area contributed by atoms with E-state index < -0.39 is 0 Å². The van der Waals surface area contributed by atoms with E-state index in [1.54, 1.807) is 12.2 Å². The van der Waals surface area contributed by atoms with Crippen LogP contribution >= 0.6 is 11.8 Å². The van der Waals surface area contributed by atoms with Gasteiger partial charge < -0.3 is 10.2 Å². The highest BCUT2D eigenvalue weighted by Crippen LogP contribution is 2.17. The molecule has 100 valence electrons. The van der Waals surface area contributed by atoms with Gasteiger partial charge in [-0.05, 0) is 6.92 Å². The first-order chi connectivity index (χ1) is 9.24. The summed E-state index contributed by atoms with van der Waals surface area (Å²) < 4.78 is 0. The molecule has 0 aliphatic rings. The van der Waals surface area contributed by atoms with E-state index in [1.807, 2.05) is 17.2 Å². The molecule has 19 heavy (non-hydrogen) atoms. The molecule has 0 unspecified atom stereocenters. The molecule has 0 atom stereocenters. The highest BCUT2D eigenvalue weighted by molar-refractivity contribution is 8.03. The summed E-state index contributed by atoms with van der Waals surface area (Å²) in [6.07, 6.45) is 3.52. The van der Waals surface area contributed by atoms with Crippen molar-refractivity contribution >= 4 is 23.7 Å². The molecule has 0 spiro atoms. The van der Waals surface area contributed by atoms with Crippen molar-refractivity contribution in [2.45, 2.75) is 12.1 Å². The number of hydrogen-bond acceptors (Lipinski definition) is 7. The second-order valence-corrected chi connectivity index (χ2v) is 4.20. The van der Waals surface area contributed by atoms with Crippen molar-refractivity contribution in [1.29, 1.82) is 5.26 Å². The number of hydrogen-bond donors (Lipinski definition) is 1. The minimum absolute atomic E-state index is 0.376. The van der Waals surface area contributed by atoms with E-state index >= 15 is 0 Å². The fourth-order valence-corrected chi connectivity index (χ4v) is 1.70. The van der Waals surface area contributed by atoms with Crippen molar-refractivity contribution in [3.05, 3.63) is 25.3 Å². The van der Waals surface area contributed by atoms with Crippen molar-refractivity contribution < 1.29 is 0 Å². The zero-order valence-electron chi connectivity index (χ0n) is 10.8. The van der Waals surface area contributed by atoms with Gasteiger partial charge in [0.15, 0.2) is 0 Å². The Morgan fingerprint density at radius 1 is 1.32 bits per heavy atom. The molecule has 0 saturated heterocycles. The number of rotatable bonds is 8. The van der Waals surface area contributed by atoms with E-state index in [0.29, 0.717) is 36.7 Å². The highest BCUT2D eigenvalue weighted by Gasteiger charge is 2.11. The third-order valence-corrected chi connectivity index (χ3v) is 2.51. The van der Waals surface area contributed by atoms with Gasteiger partial charge in [-0.2, -0.15) is 20.2 Å². The molecule has 0 aliphatic heterocycles. The van der Waals surface area contributed by atoms with Crippen LogP contribution in [0.4, 0.5) is 11.9 Å². The molecule has 0 bridgehead atoms. The maximum atomic E-state index is 8.72. The highest BCUT2D eigenvalue weighted by atomic mass is 32.2. The average molecular weight is 276 g/mol. The number of anilines is 2. The third kappa shape index (κ3) is 4.60. The van der Waals surface area contributed by atoms with Crippen LogP contribution in [-0.2, 0) is 0 Å². The minimum Gasteiger partial charge on any atom is -0.354 e. The molecule has 0 radical (unpaired) electrons. The number of aromatic nitrogens is 3. The SMILES string of the molecule is C=CCN(CC=C)c1nc(NCC)nc(SC#N)n1. The lowest BCUT2D eigenvalue weighted by Gasteiger charge is -2.19. The van der Waals surface area contributed by atoms with Crippen LogP contribution in [0.5, 0.6) is 0 Å². The Morgan fingerprint density at radius 3 is 2.53 bits per heavy atom. The van der Waals surface area contributed by atoms with Gasteiger partial charge >= 0.3 is 0 Å². The summed E-state index contributed by atoms with van der Waals surface area (Å²) in [5.41, 5.74) is 0. The molecule has 0 amide bonds. The largest absolute Gasteiger partial charge is 0.354 e. The van der Waals surface area contributed by atoms with Gasteiger partial charge in [0.25, 0.3) is 0 Å². The van der Waals surface area contributed by atoms with Gasteiger partial charge in [-0.1, -0.05) is 12.2 Å². The van der Waals surface area contributed by atoms with E-state index in [0.717, 1.165) is 11.8 Å². The fourth-order valence-electron chi connectivity index (χ4n) is 1.36. The monoisotopic (exact) mass is 276 g/mol. The second-order valence-electron chi connectivity index (χ2n) is 3.45. The lowest BCUT2D eigenvalue weighted by molar-refractivity contribution is 0.823. The molecule has 0 fully saturated rings. The van der Waals surface area contributed by atoms with Crippen molar-refractivity contribution in [2.24, 2.45) is 0 Å². The molecule has 1 heterocycles. The molecule has 0 aromatic carbocycles. The normalized spacial score (nSPS) is 9.47.